The van der Waals surface area contributed by atoms with Gasteiger partial charge in [0.15, 0.2) is 5.75 Å². The molecule has 1 unspecified atom stereocenters. The first-order valence-electron chi connectivity index (χ1n) is 11.6. The molecule has 1 saturated carbocycles. The molecule has 182 valence electrons. The van der Waals surface area contributed by atoms with Crippen LogP contribution in [0, 0.1) is 5.82 Å². The number of hydrogen-bond acceptors (Lipinski definition) is 5. The number of halogens is 1. The monoisotopic (exact) mass is 480 g/mol. The Morgan fingerprint density at radius 2 is 2.03 bits per heavy atom. The molecule has 5 rings (SSSR count). The molecule has 0 radical (unpaired) electrons. The van der Waals surface area contributed by atoms with Crippen molar-refractivity contribution in [2.24, 2.45) is 0 Å². The summed E-state index contributed by atoms with van der Waals surface area (Å²) in [5.74, 6) is -1.93. The summed E-state index contributed by atoms with van der Waals surface area (Å²) in [4.78, 5) is 37.2. The number of nitrogens with one attached hydrogen (secondary N) is 1. The zero-order valence-corrected chi connectivity index (χ0v) is 19.2. The predicted octanol–water partition coefficient (Wildman–Crippen LogP) is 4.49. The molecule has 8 nitrogen and oxygen atoms in total. The van der Waals surface area contributed by atoms with E-state index in [1.165, 1.54) is 6.20 Å². The van der Waals surface area contributed by atoms with Crippen molar-refractivity contribution >= 4 is 23.0 Å². The van der Waals surface area contributed by atoms with Crippen LogP contribution < -0.4 is 15.5 Å². The number of aromatic carboxylic acids is 1. The molecule has 1 fully saturated rings. The summed E-state index contributed by atoms with van der Waals surface area (Å²) in [7, 11) is 0. The minimum absolute atomic E-state index is 0.0515. The highest BCUT2D eigenvalue weighted by molar-refractivity contribution is 5.95. The fraction of sp³-hybridized carbons (Fsp3) is 0.346. The number of alkyl carbamates (subject to hydrolysis) is 1. The lowest BCUT2D eigenvalue weighted by atomic mass is 9.96. The third kappa shape index (κ3) is 4.00. The molecule has 0 bridgehead atoms. The van der Waals surface area contributed by atoms with Gasteiger partial charge in [-0.3, -0.25) is 4.79 Å². The number of rotatable bonds is 7. The average molecular weight is 480 g/mol. The number of pyridine rings is 1. The van der Waals surface area contributed by atoms with Gasteiger partial charge in [-0.05, 0) is 30.9 Å². The fourth-order valence-corrected chi connectivity index (χ4v) is 4.81. The molecule has 0 spiro atoms. The second kappa shape index (κ2) is 8.72. The van der Waals surface area contributed by atoms with E-state index < -0.39 is 34.4 Å². The highest BCUT2D eigenvalue weighted by Crippen LogP contribution is 2.53. The summed E-state index contributed by atoms with van der Waals surface area (Å²) >= 11 is 0. The standard InChI is InChI=1S/C26H25FN2O6/c1-2-6-16-14-34-23-20(19(27)11-17-21(23)29(16)12-18(22(17)30)24(31)32)26(9-10-26)28-25(33)35-13-15-7-4-3-5-8-15/h3-5,7-8,11-12,16H,2,6,9-10,13-14H2,1H3,(H,28,33)(H,31,32). The van der Waals surface area contributed by atoms with Crippen molar-refractivity contribution < 1.29 is 28.6 Å². The molecule has 1 amide bonds. The van der Waals surface area contributed by atoms with Gasteiger partial charge >= 0.3 is 12.1 Å². The van der Waals surface area contributed by atoms with Crippen molar-refractivity contribution in [3.8, 4) is 5.75 Å². The van der Waals surface area contributed by atoms with Crippen LogP contribution in [-0.4, -0.2) is 28.3 Å². The van der Waals surface area contributed by atoms with Crippen LogP contribution in [0.25, 0.3) is 10.9 Å². The van der Waals surface area contributed by atoms with E-state index in [1.54, 1.807) is 4.57 Å². The van der Waals surface area contributed by atoms with Crippen LogP contribution in [0.1, 0.15) is 60.1 Å². The van der Waals surface area contributed by atoms with Crippen LogP contribution in [0.2, 0.25) is 0 Å². The van der Waals surface area contributed by atoms with E-state index in [2.05, 4.69) is 5.32 Å². The van der Waals surface area contributed by atoms with Gasteiger partial charge in [-0.25, -0.2) is 14.0 Å². The Bertz CT molecular complexity index is 1380. The molecule has 2 aliphatic rings. The normalized spacial score (nSPS) is 17.5. The first-order valence-corrected chi connectivity index (χ1v) is 11.6. The van der Waals surface area contributed by atoms with Crippen molar-refractivity contribution in [1.82, 2.24) is 9.88 Å². The molecule has 1 atom stereocenters. The maximum Gasteiger partial charge on any atom is 0.408 e. The first kappa shape index (κ1) is 22.9. The zero-order chi connectivity index (χ0) is 24.7. The molecule has 2 N–H and O–H groups in total. The van der Waals surface area contributed by atoms with Crippen LogP contribution in [0.4, 0.5) is 9.18 Å². The quantitative estimate of drug-likeness (QED) is 0.516. The molecule has 1 aliphatic carbocycles. The first-order chi connectivity index (χ1) is 16.8. The van der Waals surface area contributed by atoms with Gasteiger partial charge in [-0.15, -0.1) is 0 Å². The summed E-state index contributed by atoms with van der Waals surface area (Å²) < 4.78 is 28.6. The van der Waals surface area contributed by atoms with Crippen molar-refractivity contribution in [1.29, 1.82) is 0 Å². The number of ether oxygens (including phenoxy) is 2. The molecule has 0 saturated heterocycles. The van der Waals surface area contributed by atoms with E-state index in [1.807, 2.05) is 37.3 Å². The summed E-state index contributed by atoms with van der Waals surface area (Å²) in [6, 6.07) is 10.1. The van der Waals surface area contributed by atoms with Gasteiger partial charge in [0.05, 0.1) is 28.0 Å². The van der Waals surface area contributed by atoms with Gasteiger partial charge < -0.3 is 24.5 Å². The molecule has 35 heavy (non-hydrogen) atoms. The largest absolute Gasteiger partial charge is 0.489 e. The molecule has 2 heterocycles. The van der Waals surface area contributed by atoms with E-state index in [0.717, 1.165) is 18.1 Å². The van der Waals surface area contributed by atoms with Crippen LogP contribution in [0.3, 0.4) is 0 Å². The maximum absolute atomic E-state index is 15.6. The number of amides is 1. The molecule has 1 aliphatic heterocycles. The number of carbonyl (C=O) groups is 2. The maximum atomic E-state index is 15.6. The highest BCUT2D eigenvalue weighted by Gasteiger charge is 2.51. The Balaban J connectivity index is 1.56. The van der Waals surface area contributed by atoms with E-state index in [0.29, 0.717) is 24.8 Å². The smallest absolute Gasteiger partial charge is 0.408 e. The van der Waals surface area contributed by atoms with Gasteiger partial charge in [-0.2, -0.15) is 0 Å². The number of benzene rings is 2. The van der Waals surface area contributed by atoms with Crippen molar-refractivity contribution in [2.75, 3.05) is 6.61 Å². The zero-order valence-electron chi connectivity index (χ0n) is 19.2. The predicted molar refractivity (Wildman–Crippen MR) is 125 cm³/mol. The number of carboxylic acids is 1. The van der Waals surface area contributed by atoms with E-state index in [9.17, 15) is 19.5 Å². The second-order valence-electron chi connectivity index (χ2n) is 9.07. The van der Waals surface area contributed by atoms with Crippen LogP contribution >= 0.6 is 0 Å². The minimum atomic E-state index is -1.37. The van der Waals surface area contributed by atoms with Crippen molar-refractivity contribution in [2.45, 2.75) is 50.8 Å². The van der Waals surface area contributed by atoms with E-state index >= 15 is 4.39 Å². The topological polar surface area (TPSA) is 107 Å². The van der Waals surface area contributed by atoms with Gasteiger partial charge in [0.2, 0.25) is 5.43 Å². The Morgan fingerprint density at radius 3 is 2.69 bits per heavy atom. The number of hydrogen-bond donors (Lipinski definition) is 2. The number of nitrogens with zero attached hydrogens (tertiary/aromatic N) is 1. The number of carboxylic acid groups (broad SMARTS) is 1. The lowest BCUT2D eigenvalue weighted by Crippen LogP contribution is -2.37. The summed E-state index contributed by atoms with van der Waals surface area (Å²) in [5.41, 5.74) is -0.869. The highest BCUT2D eigenvalue weighted by atomic mass is 19.1. The summed E-state index contributed by atoms with van der Waals surface area (Å²) in [5, 5.41) is 12.3. The molecule has 1 aromatic heterocycles. The lowest BCUT2D eigenvalue weighted by molar-refractivity contribution is 0.0694. The third-order valence-electron chi connectivity index (χ3n) is 6.67. The molecule has 3 aromatic rings. The van der Waals surface area contributed by atoms with Gasteiger partial charge in [0.1, 0.15) is 24.6 Å². The average Bonchev–Trinajstić information content (AvgIpc) is 3.61. The summed E-state index contributed by atoms with van der Waals surface area (Å²) in [6.45, 7) is 2.26. The van der Waals surface area contributed by atoms with Crippen molar-refractivity contribution in [3.05, 3.63) is 75.3 Å². The SMILES string of the molecule is CCCC1COc2c(C3(NC(=O)OCc4ccccc4)CC3)c(F)cc3c(=O)c(C(=O)O)cn1c23. The Kier molecular flexibility index (Phi) is 5.70. The lowest BCUT2D eigenvalue weighted by Gasteiger charge is -2.32. The van der Waals surface area contributed by atoms with Crippen molar-refractivity contribution in [3.63, 3.8) is 0 Å². The Labute approximate surface area is 200 Å². The van der Waals surface area contributed by atoms with Gasteiger partial charge in [0, 0.05) is 6.20 Å². The molecular weight excluding hydrogens is 455 g/mol. The second-order valence-corrected chi connectivity index (χ2v) is 9.07. The molecular formula is C26H25FN2O6. The van der Waals surface area contributed by atoms with Crippen LogP contribution in [0.5, 0.6) is 5.75 Å². The number of carbonyl (C=O) groups excluding carboxylic acids is 1. The molecule has 9 heteroatoms. The van der Waals surface area contributed by atoms with Gasteiger partial charge in [0.25, 0.3) is 0 Å². The van der Waals surface area contributed by atoms with Crippen LogP contribution in [0.15, 0.2) is 47.4 Å². The molecule has 2 aromatic carbocycles. The Morgan fingerprint density at radius 1 is 1.29 bits per heavy atom. The van der Waals surface area contributed by atoms with Gasteiger partial charge in [-0.1, -0.05) is 43.7 Å². The van der Waals surface area contributed by atoms with E-state index in [-0.39, 0.29) is 36.0 Å². The fourth-order valence-electron chi connectivity index (χ4n) is 4.81. The summed E-state index contributed by atoms with van der Waals surface area (Å²) in [6.07, 6.45) is 3.09. The Hall–Kier alpha value is -3.88. The minimum Gasteiger partial charge on any atom is -0.489 e. The third-order valence-corrected chi connectivity index (χ3v) is 6.67. The number of aromatic nitrogens is 1. The van der Waals surface area contributed by atoms with Crippen LogP contribution in [-0.2, 0) is 16.9 Å². The van der Waals surface area contributed by atoms with E-state index in [4.69, 9.17) is 9.47 Å².